The number of amides is 2. The van der Waals surface area contributed by atoms with Crippen LogP contribution in [0.3, 0.4) is 0 Å². The number of carboxylic acids is 1. The Morgan fingerprint density at radius 1 is 1.04 bits per heavy atom. The lowest BCUT2D eigenvalue weighted by Crippen LogP contribution is -2.28. The molecule has 1 N–H and O–H groups in total. The highest BCUT2D eigenvalue weighted by atomic mass is 16.4. The van der Waals surface area contributed by atoms with Crippen LogP contribution in [-0.2, 0) is 9.59 Å². The lowest BCUT2D eigenvalue weighted by Gasteiger charge is -2.16. The maximum absolute atomic E-state index is 12.3. The van der Waals surface area contributed by atoms with Crippen LogP contribution in [0.2, 0.25) is 0 Å². The van der Waals surface area contributed by atoms with Crippen LogP contribution in [0.1, 0.15) is 16.8 Å². The van der Waals surface area contributed by atoms with E-state index in [4.69, 9.17) is 0 Å². The summed E-state index contributed by atoms with van der Waals surface area (Å²) < 4.78 is 0. The van der Waals surface area contributed by atoms with Gasteiger partial charge in [-0.15, -0.1) is 0 Å². The van der Waals surface area contributed by atoms with Gasteiger partial charge in [0.1, 0.15) is 0 Å². The van der Waals surface area contributed by atoms with Crippen molar-refractivity contribution in [3.8, 4) is 0 Å². The van der Waals surface area contributed by atoms with Crippen molar-refractivity contribution in [2.24, 2.45) is 5.92 Å². The van der Waals surface area contributed by atoms with Gasteiger partial charge < -0.3 is 20.1 Å². The number of anilines is 2. The maximum Gasteiger partial charge on any atom is 0.229 e. The van der Waals surface area contributed by atoms with Crippen molar-refractivity contribution in [3.05, 3.63) is 60.2 Å². The topological polar surface area (TPSA) is 89.5 Å². The van der Waals surface area contributed by atoms with Crippen molar-refractivity contribution in [3.63, 3.8) is 0 Å². The first kappa shape index (κ1) is 15.7. The van der Waals surface area contributed by atoms with E-state index in [-0.39, 0.29) is 23.8 Å². The molecule has 6 heteroatoms. The third kappa shape index (κ3) is 3.27. The average Bonchev–Trinajstić information content (AvgIpc) is 2.98. The van der Waals surface area contributed by atoms with Gasteiger partial charge in [-0.3, -0.25) is 9.59 Å². The first-order chi connectivity index (χ1) is 11.5. The number of carboxylic acid groups (broad SMARTS) is 1. The Morgan fingerprint density at radius 2 is 1.71 bits per heavy atom. The zero-order valence-electron chi connectivity index (χ0n) is 12.8. The molecule has 2 aromatic rings. The van der Waals surface area contributed by atoms with Gasteiger partial charge in [-0.05, 0) is 29.8 Å². The van der Waals surface area contributed by atoms with Gasteiger partial charge in [-0.25, -0.2) is 0 Å². The number of para-hydroxylation sites is 1. The van der Waals surface area contributed by atoms with E-state index in [0.717, 1.165) is 5.69 Å². The summed E-state index contributed by atoms with van der Waals surface area (Å²) in [7, 11) is 0. The Balaban J connectivity index is 1.66. The minimum Gasteiger partial charge on any atom is -0.545 e. The Bertz CT molecular complexity index is 771. The third-order valence-corrected chi connectivity index (χ3v) is 3.95. The van der Waals surface area contributed by atoms with Crippen LogP contribution in [0.15, 0.2) is 54.6 Å². The smallest absolute Gasteiger partial charge is 0.229 e. The highest BCUT2D eigenvalue weighted by Crippen LogP contribution is 2.25. The Labute approximate surface area is 138 Å². The lowest BCUT2D eigenvalue weighted by atomic mass is 10.1. The van der Waals surface area contributed by atoms with E-state index in [9.17, 15) is 19.5 Å². The molecule has 1 aliphatic heterocycles. The number of nitrogens with one attached hydrogen (secondary N) is 1. The van der Waals surface area contributed by atoms with Crippen LogP contribution in [0.4, 0.5) is 11.4 Å². The van der Waals surface area contributed by atoms with Crippen molar-refractivity contribution in [1.29, 1.82) is 0 Å². The maximum atomic E-state index is 12.3. The Kier molecular flexibility index (Phi) is 4.29. The zero-order chi connectivity index (χ0) is 17.1. The molecular weight excluding hydrogens is 308 g/mol. The molecule has 0 aromatic heterocycles. The molecule has 1 fully saturated rings. The van der Waals surface area contributed by atoms with Gasteiger partial charge >= 0.3 is 0 Å². The second-order valence-corrected chi connectivity index (χ2v) is 5.59. The van der Waals surface area contributed by atoms with E-state index in [1.54, 1.807) is 4.90 Å². The number of hydrogen-bond acceptors (Lipinski definition) is 4. The summed E-state index contributed by atoms with van der Waals surface area (Å²) in [5.74, 6) is -2.07. The standard InChI is InChI=1S/C18H16N2O4/c21-16-10-13(11-20(16)15-4-2-1-3-5-15)17(22)19-14-8-6-12(7-9-14)18(23)24/h1-9,13H,10-11H2,(H,19,22)(H,23,24)/p-1/t13-/m0/s1. The summed E-state index contributed by atoms with van der Waals surface area (Å²) in [6, 6.07) is 14.9. The fourth-order valence-corrected chi connectivity index (χ4v) is 2.67. The van der Waals surface area contributed by atoms with Crippen LogP contribution in [0.25, 0.3) is 0 Å². The van der Waals surface area contributed by atoms with Crippen LogP contribution in [0.5, 0.6) is 0 Å². The SMILES string of the molecule is O=C([O-])c1ccc(NC(=O)[C@H]2CC(=O)N(c3ccccc3)C2)cc1. The molecular formula is C18H15N2O4-. The molecule has 1 aliphatic rings. The molecule has 2 aromatic carbocycles. The van der Waals surface area contributed by atoms with Crippen LogP contribution in [0, 0.1) is 5.92 Å². The highest BCUT2D eigenvalue weighted by Gasteiger charge is 2.35. The second kappa shape index (κ2) is 6.54. The molecule has 6 nitrogen and oxygen atoms in total. The molecule has 0 unspecified atom stereocenters. The Morgan fingerprint density at radius 3 is 2.33 bits per heavy atom. The Hall–Kier alpha value is -3.15. The molecule has 122 valence electrons. The van der Waals surface area contributed by atoms with Crippen molar-refractivity contribution < 1.29 is 19.5 Å². The highest BCUT2D eigenvalue weighted by molar-refractivity contribution is 6.03. The summed E-state index contributed by atoms with van der Waals surface area (Å²) in [5, 5.41) is 13.4. The fraction of sp³-hybridized carbons (Fsp3) is 0.167. The predicted molar refractivity (Wildman–Crippen MR) is 86.3 cm³/mol. The molecule has 0 radical (unpaired) electrons. The second-order valence-electron chi connectivity index (χ2n) is 5.59. The number of hydrogen-bond donors (Lipinski definition) is 1. The monoisotopic (exact) mass is 323 g/mol. The van der Waals surface area contributed by atoms with Crippen molar-refractivity contribution in [1.82, 2.24) is 0 Å². The molecule has 24 heavy (non-hydrogen) atoms. The van der Waals surface area contributed by atoms with E-state index >= 15 is 0 Å². The molecule has 0 spiro atoms. The molecule has 0 bridgehead atoms. The van der Waals surface area contributed by atoms with Crippen LogP contribution >= 0.6 is 0 Å². The number of aromatic carboxylic acids is 1. The molecule has 0 aliphatic carbocycles. The molecule has 1 saturated heterocycles. The summed E-state index contributed by atoms with van der Waals surface area (Å²) >= 11 is 0. The largest absolute Gasteiger partial charge is 0.545 e. The van der Waals surface area contributed by atoms with Gasteiger partial charge in [0.2, 0.25) is 11.8 Å². The van der Waals surface area contributed by atoms with Gasteiger partial charge in [0.15, 0.2) is 0 Å². The van der Waals surface area contributed by atoms with Gasteiger partial charge in [0.25, 0.3) is 0 Å². The van der Waals surface area contributed by atoms with Crippen LogP contribution in [-0.4, -0.2) is 24.3 Å². The zero-order valence-corrected chi connectivity index (χ0v) is 12.8. The average molecular weight is 323 g/mol. The van der Waals surface area contributed by atoms with E-state index in [1.807, 2.05) is 30.3 Å². The quantitative estimate of drug-likeness (QED) is 0.910. The van der Waals surface area contributed by atoms with Crippen molar-refractivity contribution in [2.45, 2.75) is 6.42 Å². The number of carbonyl (C=O) groups excluding carboxylic acids is 3. The summed E-state index contributed by atoms with van der Waals surface area (Å²) in [4.78, 5) is 36.8. The van der Waals surface area contributed by atoms with Gasteiger partial charge in [-0.1, -0.05) is 30.3 Å². The lowest BCUT2D eigenvalue weighted by molar-refractivity contribution is -0.255. The molecule has 3 rings (SSSR count). The fourth-order valence-electron chi connectivity index (χ4n) is 2.67. The van der Waals surface area contributed by atoms with E-state index in [0.29, 0.717) is 12.2 Å². The molecule has 2 amide bonds. The molecule has 0 saturated carbocycles. The van der Waals surface area contributed by atoms with Crippen molar-refractivity contribution >= 4 is 29.2 Å². The summed E-state index contributed by atoms with van der Waals surface area (Å²) in [5.41, 5.74) is 1.30. The first-order valence-corrected chi connectivity index (χ1v) is 7.52. The summed E-state index contributed by atoms with van der Waals surface area (Å²) in [6.07, 6.45) is 0.151. The third-order valence-electron chi connectivity index (χ3n) is 3.95. The first-order valence-electron chi connectivity index (χ1n) is 7.52. The van der Waals surface area contributed by atoms with E-state index < -0.39 is 11.9 Å². The van der Waals surface area contributed by atoms with Gasteiger partial charge in [-0.2, -0.15) is 0 Å². The number of benzene rings is 2. The van der Waals surface area contributed by atoms with E-state index in [1.165, 1.54) is 24.3 Å². The number of nitrogens with zero attached hydrogens (tertiary/aromatic N) is 1. The minimum atomic E-state index is -1.27. The number of carbonyl (C=O) groups is 3. The van der Waals surface area contributed by atoms with E-state index in [2.05, 4.69) is 5.32 Å². The van der Waals surface area contributed by atoms with Gasteiger partial charge in [0, 0.05) is 24.3 Å². The molecule has 1 atom stereocenters. The normalized spacial score (nSPS) is 16.9. The summed E-state index contributed by atoms with van der Waals surface area (Å²) in [6.45, 7) is 0.325. The number of rotatable bonds is 4. The van der Waals surface area contributed by atoms with Gasteiger partial charge in [0.05, 0.1) is 11.9 Å². The van der Waals surface area contributed by atoms with Crippen molar-refractivity contribution in [2.75, 3.05) is 16.8 Å². The minimum absolute atomic E-state index is 0.0410. The predicted octanol–water partition coefficient (Wildman–Crippen LogP) is 1.04. The van der Waals surface area contributed by atoms with Crippen LogP contribution < -0.4 is 15.3 Å². The molecule has 1 heterocycles.